The molecule has 1 amide bonds. The van der Waals surface area contributed by atoms with Gasteiger partial charge in [-0.1, -0.05) is 0 Å². The van der Waals surface area contributed by atoms with Crippen molar-refractivity contribution in [2.24, 2.45) is 0 Å². The Balaban J connectivity index is 1.88. The van der Waals surface area contributed by atoms with E-state index in [0.717, 1.165) is 38.0 Å². The van der Waals surface area contributed by atoms with E-state index in [-0.39, 0.29) is 23.8 Å². The smallest absolute Gasteiger partial charge is 0.251 e. The predicted octanol–water partition coefficient (Wildman–Crippen LogP) is 1.38. The quantitative estimate of drug-likeness (QED) is 0.826. The minimum Gasteiger partial charge on any atom is -0.341 e. The highest BCUT2D eigenvalue weighted by atomic mass is 16.2. The zero-order chi connectivity index (χ0) is 14.8. The maximum absolute atomic E-state index is 12.4. The number of pyridine rings is 1. The van der Waals surface area contributed by atoms with E-state index in [2.05, 4.69) is 0 Å². The molecule has 0 aromatic carbocycles. The molecular formula is C16H20N2O3. The standard InChI is InChI=1S/C16H20N2O3/c19-14-6-4-5-13-12(14)7-8-15(20)18(13)11-16(21)17-9-2-1-3-10-17/h7-8H,1-6,9-11H2. The summed E-state index contributed by atoms with van der Waals surface area (Å²) in [6.07, 6.45) is 5.22. The Morgan fingerprint density at radius 1 is 1.00 bits per heavy atom. The van der Waals surface area contributed by atoms with Crippen LogP contribution in [-0.2, 0) is 17.8 Å². The van der Waals surface area contributed by atoms with Crippen LogP contribution in [0.1, 0.15) is 48.2 Å². The minimum atomic E-state index is -0.186. The second-order valence-corrected chi connectivity index (χ2v) is 5.84. The van der Waals surface area contributed by atoms with Crippen LogP contribution >= 0.6 is 0 Å². The number of fused-ring (bicyclic) bond motifs is 1. The van der Waals surface area contributed by atoms with Crippen LogP contribution in [-0.4, -0.2) is 34.2 Å². The predicted molar refractivity (Wildman–Crippen MR) is 78.4 cm³/mol. The molecule has 5 nitrogen and oxygen atoms in total. The van der Waals surface area contributed by atoms with Crippen LogP contribution in [0, 0.1) is 0 Å². The molecule has 0 spiro atoms. The summed E-state index contributed by atoms with van der Waals surface area (Å²) in [5.41, 5.74) is 1.17. The SMILES string of the molecule is O=C1CCCc2c1ccc(=O)n2CC(=O)N1CCCCC1. The van der Waals surface area contributed by atoms with Gasteiger partial charge in [0.15, 0.2) is 5.78 Å². The van der Waals surface area contributed by atoms with E-state index >= 15 is 0 Å². The fourth-order valence-electron chi connectivity index (χ4n) is 3.25. The highest BCUT2D eigenvalue weighted by Crippen LogP contribution is 2.20. The molecule has 1 saturated heterocycles. The van der Waals surface area contributed by atoms with E-state index in [1.165, 1.54) is 17.1 Å². The Hall–Kier alpha value is -1.91. The second kappa shape index (κ2) is 5.84. The molecule has 2 heterocycles. The summed E-state index contributed by atoms with van der Waals surface area (Å²) in [4.78, 5) is 38.2. The fourth-order valence-corrected chi connectivity index (χ4v) is 3.25. The van der Waals surface area contributed by atoms with Gasteiger partial charge in [-0.3, -0.25) is 14.4 Å². The number of hydrogen-bond donors (Lipinski definition) is 0. The number of hydrogen-bond acceptors (Lipinski definition) is 3. The Labute approximate surface area is 123 Å². The molecule has 0 saturated carbocycles. The largest absolute Gasteiger partial charge is 0.341 e. The summed E-state index contributed by atoms with van der Waals surface area (Å²) >= 11 is 0. The second-order valence-electron chi connectivity index (χ2n) is 5.84. The lowest BCUT2D eigenvalue weighted by Crippen LogP contribution is -2.40. The Bertz CT molecular complexity index is 627. The lowest BCUT2D eigenvalue weighted by molar-refractivity contribution is -0.132. The summed E-state index contributed by atoms with van der Waals surface area (Å²) in [5, 5.41) is 0. The van der Waals surface area contributed by atoms with Crippen molar-refractivity contribution in [3.8, 4) is 0 Å². The van der Waals surface area contributed by atoms with Crippen LogP contribution in [0.4, 0.5) is 0 Å². The number of carbonyl (C=O) groups excluding carboxylic acids is 2. The molecule has 0 atom stereocenters. The molecule has 2 aliphatic rings. The maximum Gasteiger partial charge on any atom is 0.251 e. The van der Waals surface area contributed by atoms with Crippen molar-refractivity contribution >= 4 is 11.7 Å². The zero-order valence-electron chi connectivity index (χ0n) is 12.1. The molecule has 21 heavy (non-hydrogen) atoms. The summed E-state index contributed by atoms with van der Waals surface area (Å²) in [7, 11) is 0. The number of aromatic nitrogens is 1. The van der Waals surface area contributed by atoms with Crippen molar-refractivity contribution in [2.45, 2.75) is 45.1 Å². The topological polar surface area (TPSA) is 59.4 Å². The Morgan fingerprint density at radius 2 is 1.76 bits per heavy atom. The third-order valence-electron chi connectivity index (χ3n) is 4.42. The molecule has 1 aromatic rings. The zero-order valence-corrected chi connectivity index (χ0v) is 12.1. The molecule has 0 N–H and O–H groups in total. The van der Waals surface area contributed by atoms with E-state index in [1.807, 2.05) is 4.90 Å². The van der Waals surface area contributed by atoms with Gasteiger partial charge < -0.3 is 9.47 Å². The van der Waals surface area contributed by atoms with Crippen molar-refractivity contribution in [3.63, 3.8) is 0 Å². The number of ketones is 1. The molecule has 112 valence electrons. The number of carbonyl (C=O) groups is 2. The van der Waals surface area contributed by atoms with Crippen molar-refractivity contribution in [1.29, 1.82) is 0 Å². The summed E-state index contributed by atoms with van der Waals surface area (Å²) in [5.74, 6) is 0.0682. The molecule has 1 aromatic heterocycles. The molecular weight excluding hydrogens is 268 g/mol. The lowest BCUT2D eigenvalue weighted by Gasteiger charge is -2.28. The van der Waals surface area contributed by atoms with Crippen molar-refractivity contribution in [3.05, 3.63) is 33.7 Å². The van der Waals surface area contributed by atoms with Crippen LogP contribution in [0.2, 0.25) is 0 Å². The third kappa shape index (κ3) is 2.77. The minimum absolute atomic E-state index is 0.0109. The van der Waals surface area contributed by atoms with Crippen LogP contribution in [0.5, 0.6) is 0 Å². The van der Waals surface area contributed by atoms with Gasteiger partial charge in [-0.25, -0.2) is 0 Å². The van der Waals surface area contributed by atoms with E-state index < -0.39 is 0 Å². The number of nitrogens with zero attached hydrogens (tertiary/aromatic N) is 2. The first-order valence-electron chi connectivity index (χ1n) is 7.70. The summed E-state index contributed by atoms with van der Waals surface area (Å²) in [6, 6.07) is 3.02. The monoisotopic (exact) mass is 288 g/mol. The first kappa shape index (κ1) is 14.0. The Kier molecular flexibility index (Phi) is 3.90. The summed E-state index contributed by atoms with van der Waals surface area (Å²) < 4.78 is 1.50. The molecule has 0 unspecified atom stereocenters. The van der Waals surface area contributed by atoms with Gasteiger partial charge in [0, 0.05) is 36.8 Å². The van der Waals surface area contributed by atoms with E-state index in [4.69, 9.17) is 0 Å². The van der Waals surface area contributed by atoms with Gasteiger partial charge in [0.25, 0.3) is 5.56 Å². The van der Waals surface area contributed by atoms with Gasteiger partial charge in [-0.15, -0.1) is 0 Å². The number of piperidine rings is 1. The molecule has 1 aliphatic carbocycles. The van der Waals surface area contributed by atoms with Crippen LogP contribution in [0.25, 0.3) is 0 Å². The number of rotatable bonds is 2. The van der Waals surface area contributed by atoms with Crippen molar-refractivity contribution in [1.82, 2.24) is 9.47 Å². The van der Waals surface area contributed by atoms with Gasteiger partial charge in [0.05, 0.1) is 0 Å². The molecule has 3 rings (SSSR count). The lowest BCUT2D eigenvalue weighted by atomic mass is 9.94. The summed E-state index contributed by atoms with van der Waals surface area (Å²) in [6.45, 7) is 1.62. The van der Waals surface area contributed by atoms with E-state index in [9.17, 15) is 14.4 Å². The van der Waals surface area contributed by atoms with Crippen LogP contribution in [0.15, 0.2) is 16.9 Å². The average Bonchev–Trinajstić information content (AvgIpc) is 2.51. The fraction of sp³-hybridized carbons (Fsp3) is 0.562. The molecule has 0 radical (unpaired) electrons. The van der Waals surface area contributed by atoms with E-state index in [0.29, 0.717) is 18.4 Å². The molecule has 1 aliphatic heterocycles. The van der Waals surface area contributed by atoms with Gasteiger partial charge in [-0.05, 0) is 38.2 Å². The molecule has 1 fully saturated rings. The van der Waals surface area contributed by atoms with Gasteiger partial charge >= 0.3 is 0 Å². The Morgan fingerprint density at radius 3 is 2.52 bits per heavy atom. The molecule has 5 heteroatoms. The van der Waals surface area contributed by atoms with Crippen molar-refractivity contribution < 1.29 is 9.59 Å². The first-order valence-corrected chi connectivity index (χ1v) is 7.70. The number of Topliss-reactive ketones (excluding diaryl/α,β-unsaturated/α-hetero) is 1. The highest BCUT2D eigenvalue weighted by Gasteiger charge is 2.23. The van der Waals surface area contributed by atoms with E-state index in [1.54, 1.807) is 6.07 Å². The average molecular weight is 288 g/mol. The normalized spacial score (nSPS) is 18.5. The van der Waals surface area contributed by atoms with Gasteiger partial charge in [0.1, 0.15) is 6.54 Å². The van der Waals surface area contributed by atoms with Crippen molar-refractivity contribution in [2.75, 3.05) is 13.1 Å². The number of likely N-dealkylation sites (tertiary alicyclic amines) is 1. The maximum atomic E-state index is 12.4. The molecule has 0 bridgehead atoms. The van der Waals surface area contributed by atoms with Gasteiger partial charge in [0.2, 0.25) is 5.91 Å². The first-order chi connectivity index (χ1) is 10.2. The van der Waals surface area contributed by atoms with Crippen LogP contribution in [0.3, 0.4) is 0 Å². The highest BCUT2D eigenvalue weighted by molar-refractivity contribution is 5.98. The third-order valence-corrected chi connectivity index (χ3v) is 4.42. The van der Waals surface area contributed by atoms with Crippen LogP contribution < -0.4 is 5.56 Å². The van der Waals surface area contributed by atoms with Gasteiger partial charge in [-0.2, -0.15) is 0 Å². The number of amides is 1.